The molecule has 1 aromatic carbocycles. The summed E-state index contributed by atoms with van der Waals surface area (Å²) < 4.78 is 5.28. The second kappa shape index (κ2) is 8.82. The summed E-state index contributed by atoms with van der Waals surface area (Å²) in [6.45, 7) is 4.63. The second-order valence-electron chi connectivity index (χ2n) is 5.24. The van der Waals surface area contributed by atoms with E-state index in [-0.39, 0.29) is 18.3 Å². The molecule has 0 bridgehead atoms. The Hall–Kier alpha value is -1.26. The van der Waals surface area contributed by atoms with Crippen molar-refractivity contribution in [2.24, 2.45) is 11.7 Å². The molecular weight excluding hydrogens is 276 g/mol. The van der Waals surface area contributed by atoms with Crippen molar-refractivity contribution in [2.45, 2.75) is 32.9 Å². The molecule has 0 aliphatic heterocycles. The maximum Gasteiger partial charge on any atom is 0.239 e. The van der Waals surface area contributed by atoms with Crippen LogP contribution in [0.1, 0.15) is 25.8 Å². The zero-order chi connectivity index (χ0) is 14.4. The minimum atomic E-state index is -0.431. The number of ether oxygens (including phenoxy) is 1. The molecule has 0 heterocycles. The van der Waals surface area contributed by atoms with E-state index in [0.717, 1.165) is 11.3 Å². The number of hydrogen-bond donors (Lipinski definition) is 1. The molecule has 1 rings (SSSR count). The lowest BCUT2D eigenvalue weighted by atomic mass is 10.0. The number of nitrogens with two attached hydrogens (primary N) is 1. The van der Waals surface area contributed by atoms with E-state index >= 15 is 0 Å². The summed E-state index contributed by atoms with van der Waals surface area (Å²) >= 11 is 0. The number of para-hydroxylation sites is 1. The van der Waals surface area contributed by atoms with Gasteiger partial charge in [-0.3, -0.25) is 4.79 Å². The van der Waals surface area contributed by atoms with Crippen LogP contribution in [-0.2, 0) is 11.3 Å². The molecule has 0 fully saturated rings. The van der Waals surface area contributed by atoms with E-state index < -0.39 is 6.04 Å². The number of rotatable bonds is 6. The van der Waals surface area contributed by atoms with E-state index in [0.29, 0.717) is 18.9 Å². The third kappa shape index (κ3) is 5.39. The molecule has 0 unspecified atom stereocenters. The Morgan fingerprint density at radius 1 is 1.35 bits per heavy atom. The summed E-state index contributed by atoms with van der Waals surface area (Å²) in [5.41, 5.74) is 6.90. The smallest absolute Gasteiger partial charge is 0.239 e. The first-order chi connectivity index (χ1) is 8.95. The van der Waals surface area contributed by atoms with E-state index in [9.17, 15) is 4.79 Å². The molecule has 0 aliphatic rings. The molecular formula is C15H25ClN2O2. The lowest BCUT2D eigenvalue weighted by molar-refractivity contribution is -0.132. The molecule has 2 N–H and O–H groups in total. The van der Waals surface area contributed by atoms with Gasteiger partial charge in [-0.25, -0.2) is 0 Å². The predicted molar refractivity (Wildman–Crippen MR) is 84.1 cm³/mol. The van der Waals surface area contributed by atoms with E-state index in [1.165, 1.54) is 0 Å². The van der Waals surface area contributed by atoms with E-state index in [1.54, 1.807) is 19.1 Å². The van der Waals surface area contributed by atoms with Gasteiger partial charge in [0.05, 0.1) is 13.2 Å². The van der Waals surface area contributed by atoms with Gasteiger partial charge in [-0.15, -0.1) is 12.4 Å². The Labute approximate surface area is 127 Å². The van der Waals surface area contributed by atoms with Crippen molar-refractivity contribution in [3.8, 4) is 5.75 Å². The van der Waals surface area contributed by atoms with Crippen LogP contribution < -0.4 is 10.5 Å². The van der Waals surface area contributed by atoms with Crippen molar-refractivity contribution in [1.29, 1.82) is 0 Å². The number of nitrogens with zero attached hydrogens (tertiary/aromatic N) is 1. The average Bonchev–Trinajstić information content (AvgIpc) is 2.37. The summed E-state index contributed by atoms with van der Waals surface area (Å²) in [5.74, 6) is 1.18. The monoisotopic (exact) mass is 300 g/mol. The fourth-order valence-corrected chi connectivity index (χ4v) is 2.06. The number of methoxy groups -OCH3 is 1. The molecule has 20 heavy (non-hydrogen) atoms. The zero-order valence-corrected chi connectivity index (χ0v) is 13.4. The van der Waals surface area contributed by atoms with Gasteiger partial charge < -0.3 is 15.4 Å². The van der Waals surface area contributed by atoms with Crippen molar-refractivity contribution >= 4 is 18.3 Å². The molecule has 1 amide bonds. The predicted octanol–water partition coefficient (Wildman–Crippen LogP) is 2.45. The van der Waals surface area contributed by atoms with Gasteiger partial charge in [0.15, 0.2) is 0 Å². The standard InChI is InChI=1S/C15H24N2O2.ClH/c1-11(2)9-13(16)15(18)17(3)10-12-7-5-6-8-14(12)19-4;/h5-8,11,13H,9-10,16H2,1-4H3;1H/t13-;/m0./s1. The van der Waals surface area contributed by atoms with E-state index in [4.69, 9.17) is 10.5 Å². The molecule has 4 nitrogen and oxygen atoms in total. The Morgan fingerprint density at radius 3 is 2.50 bits per heavy atom. The van der Waals surface area contributed by atoms with Gasteiger partial charge in [0, 0.05) is 19.2 Å². The van der Waals surface area contributed by atoms with Crippen LogP contribution >= 0.6 is 12.4 Å². The van der Waals surface area contributed by atoms with Gasteiger partial charge in [-0.1, -0.05) is 32.0 Å². The maximum absolute atomic E-state index is 12.1. The van der Waals surface area contributed by atoms with Crippen molar-refractivity contribution in [1.82, 2.24) is 4.90 Å². The number of carbonyl (C=O) groups is 1. The van der Waals surface area contributed by atoms with Gasteiger partial charge in [-0.2, -0.15) is 0 Å². The first kappa shape index (κ1) is 18.7. The van der Waals surface area contributed by atoms with Crippen LogP contribution in [0, 0.1) is 5.92 Å². The van der Waals surface area contributed by atoms with Gasteiger partial charge >= 0.3 is 0 Å². The van der Waals surface area contributed by atoms with Crippen molar-refractivity contribution in [3.05, 3.63) is 29.8 Å². The number of benzene rings is 1. The minimum Gasteiger partial charge on any atom is -0.496 e. The molecule has 0 saturated heterocycles. The van der Waals surface area contributed by atoms with Crippen molar-refractivity contribution < 1.29 is 9.53 Å². The molecule has 0 aromatic heterocycles. The molecule has 0 radical (unpaired) electrons. The lowest BCUT2D eigenvalue weighted by Gasteiger charge is -2.23. The highest BCUT2D eigenvalue weighted by Gasteiger charge is 2.19. The largest absolute Gasteiger partial charge is 0.496 e. The summed E-state index contributed by atoms with van der Waals surface area (Å²) in [5, 5.41) is 0. The van der Waals surface area contributed by atoms with Gasteiger partial charge in [0.25, 0.3) is 0 Å². The third-order valence-corrected chi connectivity index (χ3v) is 3.02. The molecule has 0 aliphatic carbocycles. The molecule has 5 heteroatoms. The van der Waals surface area contributed by atoms with E-state index in [1.807, 2.05) is 24.3 Å². The highest BCUT2D eigenvalue weighted by molar-refractivity contribution is 5.85. The number of halogens is 1. The fraction of sp³-hybridized carbons (Fsp3) is 0.533. The highest BCUT2D eigenvalue weighted by atomic mass is 35.5. The Kier molecular flexibility index (Phi) is 8.26. The Bertz CT molecular complexity index is 424. The first-order valence-electron chi connectivity index (χ1n) is 6.58. The Morgan fingerprint density at radius 2 is 1.95 bits per heavy atom. The SMILES string of the molecule is COc1ccccc1CN(C)C(=O)[C@@H](N)CC(C)C.Cl. The first-order valence-corrected chi connectivity index (χ1v) is 6.58. The molecule has 0 spiro atoms. The highest BCUT2D eigenvalue weighted by Crippen LogP contribution is 2.19. The zero-order valence-electron chi connectivity index (χ0n) is 12.6. The number of likely N-dealkylation sites (N-methyl/N-ethyl adjacent to an activating group) is 1. The number of carbonyl (C=O) groups excluding carboxylic acids is 1. The maximum atomic E-state index is 12.1. The number of amides is 1. The summed E-state index contributed by atoms with van der Waals surface area (Å²) in [6.07, 6.45) is 0.703. The normalized spacial score (nSPS) is 11.7. The van der Waals surface area contributed by atoms with Crippen LogP contribution in [0.15, 0.2) is 24.3 Å². The lowest BCUT2D eigenvalue weighted by Crippen LogP contribution is -2.42. The van der Waals surface area contributed by atoms with Crippen LogP contribution in [-0.4, -0.2) is 31.0 Å². The summed E-state index contributed by atoms with van der Waals surface area (Å²) in [7, 11) is 3.40. The molecule has 0 saturated carbocycles. The van der Waals surface area contributed by atoms with Crippen molar-refractivity contribution in [3.63, 3.8) is 0 Å². The second-order valence-corrected chi connectivity index (χ2v) is 5.24. The molecule has 114 valence electrons. The van der Waals surface area contributed by atoms with Crippen LogP contribution in [0.3, 0.4) is 0 Å². The Balaban J connectivity index is 0.00000361. The van der Waals surface area contributed by atoms with Gasteiger partial charge in [0.2, 0.25) is 5.91 Å². The summed E-state index contributed by atoms with van der Waals surface area (Å²) in [4.78, 5) is 13.8. The third-order valence-electron chi connectivity index (χ3n) is 3.02. The fourth-order valence-electron chi connectivity index (χ4n) is 2.06. The van der Waals surface area contributed by atoms with Crippen LogP contribution in [0.2, 0.25) is 0 Å². The average molecular weight is 301 g/mol. The van der Waals surface area contributed by atoms with Crippen LogP contribution in [0.4, 0.5) is 0 Å². The van der Waals surface area contributed by atoms with Gasteiger partial charge in [-0.05, 0) is 18.4 Å². The molecule has 1 aromatic rings. The minimum absolute atomic E-state index is 0. The van der Waals surface area contributed by atoms with Crippen LogP contribution in [0.5, 0.6) is 5.75 Å². The molecule has 1 atom stereocenters. The summed E-state index contributed by atoms with van der Waals surface area (Å²) in [6, 6.07) is 7.26. The van der Waals surface area contributed by atoms with E-state index in [2.05, 4.69) is 13.8 Å². The van der Waals surface area contributed by atoms with Gasteiger partial charge in [0.1, 0.15) is 5.75 Å². The topological polar surface area (TPSA) is 55.6 Å². The van der Waals surface area contributed by atoms with Crippen LogP contribution in [0.25, 0.3) is 0 Å². The van der Waals surface area contributed by atoms with Crippen molar-refractivity contribution in [2.75, 3.05) is 14.2 Å². The number of hydrogen-bond acceptors (Lipinski definition) is 3. The quantitative estimate of drug-likeness (QED) is 0.878.